The molecule has 148 valence electrons. The molecule has 0 aliphatic rings. The zero-order valence-electron chi connectivity index (χ0n) is 15.2. The van der Waals surface area contributed by atoms with E-state index in [0.29, 0.717) is 25.6 Å². The molecule has 29 heavy (non-hydrogen) atoms. The zero-order chi connectivity index (χ0) is 20.4. The Morgan fingerprint density at radius 3 is 2.83 bits per heavy atom. The molecule has 0 saturated carbocycles. The summed E-state index contributed by atoms with van der Waals surface area (Å²) in [4.78, 5) is 14.5. The molecule has 4 aromatic rings. The number of halogens is 1. The van der Waals surface area contributed by atoms with Crippen LogP contribution in [0.1, 0.15) is 9.67 Å². The number of nitrogens with zero attached hydrogens (tertiary/aromatic N) is 3. The number of anilines is 1. The monoisotopic (exact) mass is 431 g/mol. The molecule has 0 fully saturated rings. The van der Waals surface area contributed by atoms with Crippen molar-refractivity contribution in [3.8, 4) is 11.5 Å². The molecule has 0 unspecified atom stereocenters. The van der Waals surface area contributed by atoms with Gasteiger partial charge < -0.3 is 9.47 Å². The molecule has 2 heterocycles. The Kier molecular flexibility index (Phi) is 5.32. The van der Waals surface area contributed by atoms with Crippen LogP contribution in [0.25, 0.3) is 10.1 Å². The number of hydrogen-bond donors (Lipinski definition) is 2. The van der Waals surface area contributed by atoms with E-state index in [0.717, 1.165) is 4.90 Å². The third kappa shape index (κ3) is 3.74. The van der Waals surface area contributed by atoms with E-state index in [4.69, 9.17) is 9.47 Å². The van der Waals surface area contributed by atoms with Gasteiger partial charge in [0.15, 0.2) is 11.6 Å². The lowest BCUT2D eigenvalue weighted by atomic mass is 10.2. The average molecular weight is 431 g/mol. The summed E-state index contributed by atoms with van der Waals surface area (Å²) in [6, 6.07) is 10.6. The number of carbonyl (C=O) groups is 1. The van der Waals surface area contributed by atoms with Crippen LogP contribution >= 0.6 is 23.1 Å². The second-order valence-corrected chi connectivity index (χ2v) is 7.82. The summed E-state index contributed by atoms with van der Waals surface area (Å²) in [5.41, 5.74) is 0. The van der Waals surface area contributed by atoms with E-state index in [1.807, 2.05) is 24.3 Å². The number of benzene rings is 2. The number of carbonyl (C=O) groups excluding carboxylic acids is 1. The molecule has 2 N–H and O–H groups in total. The Bertz CT molecular complexity index is 1180. The maximum atomic E-state index is 15.1. The lowest BCUT2D eigenvalue weighted by molar-refractivity contribution is 0.102. The van der Waals surface area contributed by atoms with Crippen LogP contribution < -0.4 is 14.8 Å². The number of amides is 1. The smallest absolute Gasteiger partial charge is 0.270 e. The van der Waals surface area contributed by atoms with Gasteiger partial charge in [0.2, 0.25) is 0 Å². The van der Waals surface area contributed by atoms with Crippen LogP contribution in [0.4, 0.5) is 10.3 Å². The van der Waals surface area contributed by atoms with Gasteiger partial charge in [0.25, 0.3) is 11.9 Å². The summed E-state index contributed by atoms with van der Waals surface area (Å²) >= 11 is 2.43. The molecule has 0 atom stereocenters. The van der Waals surface area contributed by atoms with Crippen LogP contribution in [-0.4, -0.2) is 40.8 Å². The van der Waals surface area contributed by atoms with Crippen molar-refractivity contribution < 1.29 is 18.7 Å². The van der Waals surface area contributed by atoms with Crippen LogP contribution in [0, 0.1) is 5.82 Å². The third-order valence-corrected chi connectivity index (χ3v) is 6.36. The van der Waals surface area contributed by atoms with E-state index in [1.54, 1.807) is 13.2 Å². The predicted molar refractivity (Wildman–Crippen MR) is 108 cm³/mol. The number of aromatic nitrogens is 4. The molecule has 8 nitrogen and oxygen atoms in total. The normalized spacial score (nSPS) is 10.9. The second kappa shape index (κ2) is 8.05. The Balaban J connectivity index is 1.84. The van der Waals surface area contributed by atoms with Gasteiger partial charge >= 0.3 is 0 Å². The molecule has 0 spiro atoms. The Hall–Kier alpha value is -3.18. The highest BCUT2D eigenvalue weighted by atomic mass is 32.2. The standard InChI is InChI=1S/C18H14FN5O3S2/c1-26-9-4-3-5-10(8-9)28-15-13-12(7-6-11(27-2)14(13)19)29-16(15)17(25)20-18-21-23-24-22-18/h3-8H,1-2H3,(H2,20,21,22,23,24,25). The van der Waals surface area contributed by atoms with E-state index < -0.39 is 11.7 Å². The summed E-state index contributed by atoms with van der Waals surface area (Å²) in [6.07, 6.45) is 0. The van der Waals surface area contributed by atoms with Gasteiger partial charge in [-0.25, -0.2) is 4.39 Å². The fourth-order valence-electron chi connectivity index (χ4n) is 2.67. The molecular weight excluding hydrogens is 417 g/mol. The van der Waals surface area contributed by atoms with Crippen LogP contribution in [0.15, 0.2) is 46.2 Å². The number of aromatic amines is 1. The van der Waals surface area contributed by atoms with Crippen molar-refractivity contribution in [1.82, 2.24) is 20.6 Å². The quantitative estimate of drug-likeness (QED) is 0.476. The van der Waals surface area contributed by atoms with E-state index in [-0.39, 0.29) is 11.7 Å². The molecular formula is C18H14FN5O3S2. The lowest BCUT2D eigenvalue weighted by Crippen LogP contribution is -2.12. The third-order valence-electron chi connectivity index (χ3n) is 3.97. The molecule has 0 saturated heterocycles. The number of rotatable bonds is 6. The summed E-state index contributed by atoms with van der Waals surface area (Å²) < 4.78 is 26.1. The lowest BCUT2D eigenvalue weighted by Gasteiger charge is -2.08. The number of tetrazole rings is 1. The summed E-state index contributed by atoms with van der Waals surface area (Å²) in [5, 5.41) is 16.0. The van der Waals surface area contributed by atoms with Gasteiger partial charge in [0, 0.05) is 19.9 Å². The summed E-state index contributed by atoms with van der Waals surface area (Å²) in [7, 11) is 2.97. The van der Waals surface area contributed by atoms with E-state index >= 15 is 4.39 Å². The van der Waals surface area contributed by atoms with Gasteiger partial charge in [0.1, 0.15) is 10.6 Å². The number of thiophene rings is 1. The van der Waals surface area contributed by atoms with Gasteiger partial charge in [-0.1, -0.05) is 22.9 Å². The fraction of sp³-hybridized carbons (Fsp3) is 0.111. The number of methoxy groups -OCH3 is 2. The highest BCUT2D eigenvalue weighted by Crippen LogP contribution is 2.45. The number of H-pyrrole nitrogens is 1. The minimum atomic E-state index is -0.523. The maximum absolute atomic E-state index is 15.1. The van der Waals surface area contributed by atoms with Crippen molar-refractivity contribution in [2.24, 2.45) is 0 Å². The average Bonchev–Trinajstić information content (AvgIpc) is 3.37. The van der Waals surface area contributed by atoms with Crippen molar-refractivity contribution >= 4 is 45.0 Å². The number of hydrogen-bond acceptors (Lipinski definition) is 8. The highest BCUT2D eigenvalue weighted by molar-refractivity contribution is 7.99. The van der Waals surface area contributed by atoms with E-state index in [9.17, 15) is 4.79 Å². The first-order chi connectivity index (χ1) is 14.1. The first kappa shape index (κ1) is 19.2. The second-order valence-electron chi connectivity index (χ2n) is 5.69. The van der Waals surface area contributed by atoms with E-state index in [1.165, 1.54) is 36.3 Å². The van der Waals surface area contributed by atoms with Gasteiger partial charge in [-0.15, -0.1) is 16.4 Å². The van der Waals surface area contributed by atoms with Crippen molar-refractivity contribution in [3.63, 3.8) is 0 Å². The van der Waals surface area contributed by atoms with Crippen LogP contribution in [0.5, 0.6) is 11.5 Å². The molecule has 4 rings (SSSR count). The Labute approximate surface area is 172 Å². The first-order valence-corrected chi connectivity index (χ1v) is 9.89. The molecule has 0 aliphatic carbocycles. The van der Waals surface area contributed by atoms with Crippen molar-refractivity contribution in [3.05, 3.63) is 47.1 Å². The van der Waals surface area contributed by atoms with Crippen molar-refractivity contribution in [1.29, 1.82) is 0 Å². The minimum absolute atomic E-state index is 0.0304. The number of fused-ring (bicyclic) bond motifs is 1. The highest BCUT2D eigenvalue weighted by Gasteiger charge is 2.24. The molecule has 0 bridgehead atoms. The van der Waals surface area contributed by atoms with Gasteiger partial charge in [-0.2, -0.15) is 5.21 Å². The largest absolute Gasteiger partial charge is 0.497 e. The molecule has 0 radical (unpaired) electrons. The number of nitrogens with one attached hydrogen (secondary N) is 2. The SMILES string of the molecule is COc1cccc(Sc2c(C(=O)Nc3nn[nH]n3)sc3ccc(OC)c(F)c23)c1. The Morgan fingerprint density at radius 2 is 2.10 bits per heavy atom. The summed E-state index contributed by atoms with van der Waals surface area (Å²) in [6.45, 7) is 0. The van der Waals surface area contributed by atoms with Gasteiger partial charge in [-0.3, -0.25) is 10.1 Å². The number of ether oxygens (including phenoxy) is 2. The van der Waals surface area contributed by atoms with E-state index in [2.05, 4.69) is 25.9 Å². The molecule has 2 aromatic carbocycles. The Morgan fingerprint density at radius 1 is 1.24 bits per heavy atom. The predicted octanol–water partition coefficient (Wildman–Crippen LogP) is 3.97. The molecule has 0 aliphatic heterocycles. The van der Waals surface area contributed by atoms with Gasteiger partial charge in [0.05, 0.1) is 14.2 Å². The minimum Gasteiger partial charge on any atom is -0.497 e. The first-order valence-electron chi connectivity index (χ1n) is 8.26. The maximum Gasteiger partial charge on any atom is 0.270 e. The van der Waals surface area contributed by atoms with Crippen LogP contribution in [-0.2, 0) is 0 Å². The fourth-order valence-corrected chi connectivity index (χ4v) is 5.01. The van der Waals surface area contributed by atoms with Crippen LogP contribution in [0.3, 0.4) is 0 Å². The zero-order valence-corrected chi connectivity index (χ0v) is 16.9. The van der Waals surface area contributed by atoms with Gasteiger partial charge in [-0.05, 0) is 35.5 Å². The molecule has 1 amide bonds. The molecule has 11 heteroatoms. The van der Waals surface area contributed by atoms with Crippen molar-refractivity contribution in [2.45, 2.75) is 9.79 Å². The van der Waals surface area contributed by atoms with Crippen LogP contribution in [0.2, 0.25) is 0 Å². The topological polar surface area (TPSA) is 102 Å². The summed E-state index contributed by atoms with van der Waals surface area (Å²) in [5.74, 6) is -0.192. The molecule has 2 aromatic heterocycles. The van der Waals surface area contributed by atoms with Crippen molar-refractivity contribution in [2.75, 3.05) is 19.5 Å².